The standard InChI is InChI=1S/C11H11/c1-2-4-6-8-10-11-9-7-5-3-1/h1-6,9-11H,7H2/b2-1+,5-3-,6-4-,10-8?,11-9+. The molecule has 0 bridgehead atoms. The summed E-state index contributed by atoms with van der Waals surface area (Å²) in [6.07, 6.45) is 22.0. The Morgan fingerprint density at radius 1 is 0.818 bits per heavy atom. The van der Waals surface area contributed by atoms with Crippen molar-refractivity contribution in [3.63, 3.8) is 0 Å². The van der Waals surface area contributed by atoms with E-state index in [0.717, 1.165) is 6.42 Å². The lowest BCUT2D eigenvalue weighted by atomic mass is 10.3. The van der Waals surface area contributed by atoms with E-state index in [1.165, 1.54) is 0 Å². The molecule has 0 N–H and O–H groups in total. The van der Waals surface area contributed by atoms with Gasteiger partial charge in [0, 0.05) is 0 Å². The molecule has 0 aliphatic heterocycles. The minimum Gasteiger partial charge on any atom is -0.0807 e. The fraction of sp³-hybridized carbons (Fsp3) is 0.0909. The highest BCUT2D eigenvalue weighted by atomic mass is 13.8. The molecule has 1 radical (unpaired) electrons. The molecule has 0 aromatic carbocycles. The van der Waals surface area contributed by atoms with Crippen molar-refractivity contribution >= 4 is 0 Å². The van der Waals surface area contributed by atoms with Crippen LogP contribution in [0.15, 0.2) is 54.7 Å². The van der Waals surface area contributed by atoms with Gasteiger partial charge in [0.15, 0.2) is 0 Å². The van der Waals surface area contributed by atoms with Crippen LogP contribution in [-0.4, -0.2) is 0 Å². The van der Waals surface area contributed by atoms with Crippen LogP contribution in [0.4, 0.5) is 0 Å². The van der Waals surface area contributed by atoms with Gasteiger partial charge in [0.05, 0.1) is 0 Å². The van der Waals surface area contributed by atoms with E-state index >= 15 is 0 Å². The zero-order valence-corrected chi connectivity index (χ0v) is 6.40. The van der Waals surface area contributed by atoms with E-state index < -0.39 is 0 Å². The molecule has 0 heterocycles. The van der Waals surface area contributed by atoms with Crippen LogP contribution >= 0.6 is 0 Å². The van der Waals surface area contributed by atoms with Crippen molar-refractivity contribution in [1.82, 2.24) is 0 Å². The molecule has 0 saturated heterocycles. The summed E-state index contributed by atoms with van der Waals surface area (Å²) in [5.41, 5.74) is 0. The van der Waals surface area contributed by atoms with Gasteiger partial charge in [-0.3, -0.25) is 0 Å². The van der Waals surface area contributed by atoms with Gasteiger partial charge in [0.2, 0.25) is 0 Å². The highest BCUT2D eigenvalue weighted by Gasteiger charge is 1.70. The van der Waals surface area contributed by atoms with E-state index in [9.17, 15) is 0 Å². The van der Waals surface area contributed by atoms with Gasteiger partial charge in [-0.2, -0.15) is 0 Å². The molecule has 1 aliphatic rings. The summed E-state index contributed by atoms with van der Waals surface area (Å²) in [5, 5.41) is 0. The minimum absolute atomic E-state index is 0.989. The monoisotopic (exact) mass is 143 g/mol. The molecule has 1 aliphatic carbocycles. The highest BCUT2D eigenvalue weighted by Crippen LogP contribution is 1.90. The van der Waals surface area contributed by atoms with Crippen LogP contribution in [0.3, 0.4) is 0 Å². The second-order valence-electron chi connectivity index (χ2n) is 2.17. The molecule has 0 aromatic heterocycles. The van der Waals surface area contributed by atoms with Gasteiger partial charge in [-0.25, -0.2) is 0 Å². The van der Waals surface area contributed by atoms with Crippen LogP contribution < -0.4 is 0 Å². The summed E-state index contributed by atoms with van der Waals surface area (Å²) in [6.45, 7) is 0. The van der Waals surface area contributed by atoms with E-state index in [2.05, 4.69) is 18.2 Å². The highest BCUT2D eigenvalue weighted by molar-refractivity contribution is 5.17. The van der Waals surface area contributed by atoms with Crippen molar-refractivity contribution < 1.29 is 0 Å². The molecule has 1 rings (SSSR count). The predicted molar refractivity (Wildman–Crippen MR) is 49.0 cm³/mol. The molecule has 0 nitrogen and oxygen atoms in total. The summed E-state index contributed by atoms with van der Waals surface area (Å²) in [5.74, 6) is 0. The van der Waals surface area contributed by atoms with E-state index in [4.69, 9.17) is 0 Å². The Balaban J connectivity index is 2.61. The van der Waals surface area contributed by atoms with Crippen molar-refractivity contribution in [2.24, 2.45) is 0 Å². The lowest BCUT2D eigenvalue weighted by molar-refractivity contribution is 1.39. The van der Waals surface area contributed by atoms with Gasteiger partial charge in [-0.1, -0.05) is 54.7 Å². The largest absolute Gasteiger partial charge is 0.0807 e. The predicted octanol–water partition coefficient (Wildman–Crippen LogP) is 2.97. The number of hydrogen-bond acceptors (Lipinski definition) is 0. The molecule has 0 heteroatoms. The SMILES string of the molecule is [C]1=C\C=C\C/C=C\C=C\C=C/1. The summed E-state index contributed by atoms with van der Waals surface area (Å²) in [6, 6.07) is 0. The normalized spacial score (nSPS) is 31.3. The second-order valence-corrected chi connectivity index (χ2v) is 2.17. The Morgan fingerprint density at radius 2 is 1.64 bits per heavy atom. The molecule has 11 heavy (non-hydrogen) atoms. The molecule has 0 spiro atoms. The quantitative estimate of drug-likeness (QED) is 0.489. The first-order valence-electron chi connectivity index (χ1n) is 3.73. The van der Waals surface area contributed by atoms with E-state index in [0.29, 0.717) is 0 Å². The Labute approximate surface area is 67.9 Å². The Morgan fingerprint density at radius 3 is 2.64 bits per heavy atom. The summed E-state index contributed by atoms with van der Waals surface area (Å²) >= 11 is 0. The third kappa shape index (κ3) is 4.15. The number of hydrogen-bond donors (Lipinski definition) is 0. The lowest BCUT2D eigenvalue weighted by Crippen LogP contribution is -1.55. The van der Waals surface area contributed by atoms with Crippen molar-refractivity contribution in [2.75, 3.05) is 0 Å². The van der Waals surface area contributed by atoms with Crippen LogP contribution in [0.2, 0.25) is 0 Å². The maximum Gasteiger partial charge on any atom is -0.0163 e. The van der Waals surface area contributed by atoms with Crippen molar-refractivity contribution in [2.45, 2.75) is 6.42 Å². The number of rotatable bonds is 0. The third-order valence-corrected chi connectivity index (χ3v) is 1.26. The Kier molecular flexibility index (Phi) is 3.89. The average Bonchev–Trinajstić information content (AvgIpc) is 2.08. The average molecular weight is 143 g/mol. The molecule has 0 saturated carbocycles. The first-order chi connectivity index (χ1) is 5.50. The zero-order valence-electron chi connectivity index (χ0n) is 6.40. The summed E-state index contributed by atoms with van der Waals surface area (Å²) in [4.78, 5) is 0. The van der Waals surface area contributed by atoms with Gasteiger partial charge >= 0.3 is 0 Å². The Hall–Kier alpha value is -1.30. The van der Waals surface area contributed by atoms with Gasteiger partial charge in [-0.15, -0.1) is 0 Å². The zero-order chi connectivity index (χ0) is 7.78. The van der Waals surface area contributed by atoms with Crippen molar-refractivity contribution in [3.05, 3.63) is 60.8 Å². The van der Waals surface area contributed by atoms with Gasteiger partial charge in [0.1, 0.15) is 0 Å². The van der Waals surface area contributed by atoms with Crippen LogP contribution in [0.5, 0.6) is 0 Å². The number of allylic oxidation sites excluding steroid dienone is 10. The van der Waals surface area contributed by atoms with Crippen LogP contribution in [0, 0.1) is 6.08 Å². The fourth-order valence-electron chi connectivity index (χ4n) is 0.733. The fourth-order valence-corrected chi connectivity index (χ4v) is 0.733. The lowest BCUT2D eigenvalue weighted by Gasteiger charge is -1.76. The van der Waals surface area contributed by atoms with Gasteiger partial charge in [0.25, 0.3) is 0 Å². The second kappa shape index (κ2) is 5.48. The molecule has 0 amide bonds. The molecule has 0 unspecified atom stereocenters. The summed E-state index contributed by atoms with van der Waals surface area (Å²) in [7, 11) is 0. The Bertz CT molecular complexity index is 200. The minimum atomic E-state index is 0.989. The molecule has 0 aromatic rings. The van der Waals surface area contributed by atoms with E-state index in [1.807, 2.05) is 42.5 Å². The molecular weight excluding hydrogens is 132 g/mol. The molecular formula is C11H11. The van der Waals surface area contributed by atoms with Crippen LogP contribution in [0.1, 0.15) is 6.42 Å². The maximum absolute atomic E-state index is 3.01. The van der Waals surface area contributed by atoms with Crippen molar-refractivity contribution in [3.8, 4) is 0 Å². The summed E-state index contributed by atoms with van der Waals surface area (Å²) < 4.78 is 0. The topological polar surface area (TPSA) is 0 Å². The van der Waals surface area contributed by atoms with Gasteiger partial charge in [-0.05, 0) is 12.5 Å². The first-order valence-corrected chi connectivity index (χ1v) is 3.73. The third-order valence-electron chi connectivity index (χ3n) is 1.26. The molecule has 0 atom stereocenters. The van der Waals surface area contributed by atoms with Crippen molar-refractivity contribution in [1.29, 1.82) is 0 Å². The van der Waals surface area contributed by atoms with E-state index in [1.54, 1.807) is 0 Å². The maximum atomic E-state index is 3.01. The van der Waals surface area contributed by atoms with Gasteiger partial charge < -0.3 is 0 Å². The van der Waals surface area contributed by atoms with Crippen LogP contribution in [0.25, 0.3) is 0 Å². The first kappa shape index (κ1) is 7.80. The smallest absolute Gasteiger partial charge is 0.0163 e. The van der Waals surface area contributed by atoms with E-state index in [-0.39, 0.29) is 0 Å². The van der Waals surface area contributed by atoms with Crippen LogP contribution in [-0.2, 0) is 0 Å². The molecule has 55 valence electrons. The molecule has 0 fully saturated rings.